The molecule has 0 bridgehead atoms. The highest BCUT2D eigenvalue weighted by Gasteiger charge is 2.13. The molecule has 0 saturated heterocycles. The van der Waals surface area contributed by atoms with Gasteiger partial charge in [0.25, 0.3) is 0 Å². The molecule has 0 aliphatic rings. The highest BCUT2D eigenvalue weighted by atomic mass is 16.5. The fraction of sp³-hybridized carbons (Fsp3) is 0.0909. The van der Waals surface area contributed by atoms with E-state index in [4.69, 9.17) is 4.74 Å². The summed E-state index contributed by atoms with van der Waals surface area (Å²) in [6, 6.07) is 23.9. The number of methoxy groups -OCH3 is 1. The van der Waals surface area contributed by atoms with Crippen LogP contribution in [0.5, 0.6) is 5.75 Å². The number of fused-ring (bicyclic) bond motifs is 1. The summed E-state index contributed by atoms with van der Waals surface area (Å²) in [6.45, 7) is 0.382. The number of benzene rings is 3. The van der Waals surface area contributed by atoms with Gasteiger partial charge in [0.05, 0.1) is 19.2 Å². The summed E-state index contributed by atoms with van der Waals surface area (Å²) in [7, 11) is 1.59. The summed E-state index contributed by atoms with van der Waals surface area (Å²) in [5.41, 5.74) is 3.09. The molecule has 0 atom stereocenters. The molecular formula is C22H20N6O2. The van der Waals surface area contributed by atoms with Crippen molar-refractivity contribution in [3.63, 3.8) is 0 Å². The molecule has 30 heavy (non-hydrogen) atoms. The number of nitrogens with one attached hydrogen (secondary N) is 2. The molecule has 2 N–H and O–H groups in total. The third-order valence-corrected chi connectivity index (χ3v) is 4.38. The normalized spacial score (nSPS) is 11.3. The second-order valence-corrected chi connectivity index (χ2v) is 6.42. The van der Waals surface area contributed by atoms with E-state index in [0.717, 1.165) is 11.1 Å². The third kappa shape index (κ3) is 4.44. The van der Waals surface area contributed by atoms with Crippen LogP contribution in [0.25, 0.3) is 11.0 Å². The van der Waals surface area contributed by atoms with E-state index in [1.54, 1.807) is 31.4 Å². The van der Waals surface area contributed by atoms with Gasteiger partial charge in [0.1, 0.15) is 11.3 Å². The quantitative estimate of drug-likeness (QED) is 0.404. The largest absolute Gasteiger partial charge is 0.497 e. The molecule has 2 amide bonds. The minimum atomic E-state index is -0.438. The Morgan fingerprint density at radius 2 is 1.73 bits per heavy atom. The van der Waals surface area contributed by atoms with Crippen LogP contribution in [0.2, 0.25) is 0 Å². The van der Waals surface area contributed by atoms with Crippen molar-refractivity contribution in [2.75, 3.05) is 12.4 Å². The van der Waals surface area contributed by atoms with Crippen molar-refractivity contribution >= 4 is 28.7 Å². The summed E-state index contributed by atoms with van der Waals surface area (Å²) in [4.78, 5) is 17.2. The molecule has 3 aromatic carbocycles. The average Bonchev–Trinajstić information content (AvgIpc) is 3.22. The van der Waals surface area contributed by atoms with Crippen molar-refractivity contribution in [2.24, 2.45) is 4.99 Å². The molecule has 0 aliphatic heterocycles. The van der Waals surface area contributed by atoms with E-state index < -0.39 is 6.03 Å². The number of nitrogens with zero attached hydrogens (tertiary/aromatic N) is 4. The number of para-hydroxylation sites is 1. The van der Waals surface area contributed by atoms with Crippen molar-refractivity contribution in [2.45, 2.75) is 6.54 Å². The number of carbonyl (C=O) groups is 1. The van der Waals surface area contributed by atoms with Crippen molar-refractivity contribution in [1.82, 2.24) is 20.3 Å². The van der Waals surface area contributed by atoms with Crippen LogP contribution in [0.1, 0.15) is 5.56 Å². The van der Waals surface area contributed by atoms with Crippen LogP contribution >= 0.6 is 0 Å². The van der Waals surface area contributed by atoms with Gasteiger partial charge in [-0.3, -0.25) is 5.32 Å². The Balaban J connectivity index is 1.58. The van der Waals surface area contributed by atoms with E-state index in [-0.39, 0.29) is 5.96 Å². The summed E-state index contributed by atoms with van der Waals surface area (Å²) < 4.78 is 6.66. The van der Waals surface area contributed by atoms with Gasteiger partial charge in [0.2, 0.25) is 5.96 Å². The van der Waals surface area contributed by atoms with Crippen molar-refractivity contribution in [3.05, 3.63) is 84.4 Å². The summed E-state index contributed by atoms with van der Waals surface area (Å²) in [5.74, 6) is 0.985. The van der Waals surface area contributed by atoms with Gasteiger partial charge >= 0.3 is 6.03 Å². The van der Waals surface area contributed by atoms with Crippen LogP contribution in [0, 0.1) is 0 Å². The van der Waals surface area contributed by atoms with Gasteiger partial charge in [-0.1, -0.05) is 47.7 Å². The molecular weight excluding hydrogens is 380 g/mol. The molecule has 8 heteroatoms. The summed E-state index contributed by atoms with van der Waals surface area (Å²) in [6.07, 6.45) is 0. The van der Waals surface area contributed by atoms with Crippen LogP contribution in [0.4, 0.5) is 10.5 Å². The summed E-state index contributed by atoms with van der Waals surface area (Å²) >= 11 is 0. The molecule has 0 aliphatic carbocycles. The Bertz CT molecular complexity index is 1170. The lowest BCUT2D eigenvalue weighted by atomic mass is 10.2. The molecule has 8 nitrogen and oxygen atoms in total. The number of anilines is 1. The van der Waals surface area contributed by atoms with Gasteiger partial charge < -0.3 is 10.1 Å². The Hall–Kier alpha value is -4.20. The van der Waals surface area contributed by atoms with Gasteiger partial charge in [0.15, 0.2) is 0 Å². The van der Waals surface area contributed by atoms with E-state index >= 15 is 0 Å². The van der Waals surface area contributed by atoms with Gasteiger partial charge in [-0.25, -0.2) is 9.79 Å². The standard InChI is InChI=1S/C22H20N6O2/c1-30-18-13-11-17(12-14-18)24-22(29)25-21(23-15-16-7-3-2-4-8-16)28-20-10-6-5-9-19(20)26-27-28/h2-14H,15H2,1H3,(H2,23,24,25,29). The molecule has 1 heterocycles. The molecule has 0 radical (unpaired) electrons. The maximum absolute atomic E-state index is 12.6. The zero-order valence-corrected chi connectivity index (χ0v) is 16.3. The number of aliphatic imine (C=N–C) groups is 1. The topological polar surface area (TPSA) is 93.4 Å². The van der Waals surface area contributed by atoms with Crippen LogP contribution < -0.4 is 15.4 Å². The van der Waals surface area contributed by atoms with Gasteiger partial charge in [-0.2, -0.15) is 4.68 Å². The SMILES string of the molecule is COc1ccc(NC(=O)NC(=NCc2ccccc2)n2nnc3ccccc32)cc1. The monoisotopic (exact) mass is 400 g/mol. The van der Waals surface area contributed by atoms with E-state index in [1.165, 1.54) is 4.68 Å². The first-order chi connectivity index (χ1) is 14.7. The van der Waals surface area contributed by atoms with Gasteiger partial charge in [-0.15, -0.1) is 5.10 Å². The minimum Gasteiger partial charge on any atom is -0.497 e. The number of hydrogen-bond acceptors (Lipinski definition) is 5. The zero-order chi connectivity index (χ0) is 20.8. The lowest BCUT2D eigenvalue weighted by Crippen LogP contribution is -2.39. The smallest absolute Gasteiger partial charge is 0.326 e. The first-order valence-electron chi connectivity index (χ1n) is 9.34. The number of ether oxygens (including phenoxy) is 1. The van der Waals surface area contributed by atoms with Crippen LogP contribution in [-0.2, 0) is 6.54 Å². The number of carbonyl (C=O) groups excluding carboxylic acids is 1. The lowest BCUT2D eigenvalue weighted by molar-refractivity contribution is 0.256. The van der Waals surface area contributed by atoms with Crippen LogP contribution in [0.15, 0.2) is 83.9 Å². The molecule has 0 saturated carbocycles. The number of aromatic nitrogens is 3. The molecule has 0 fully saturated rings. The Kier molecular flexibility index (Phi) is 5.66. The minimum absolute atomic E-state index is 0.276. The van der Waals surface area contributed by atoms with Crippen molar-refractivity contribution in [1.29, 1.82) is 0 Å². The van der Waals surface area contributed by atoms with Crippen molar-refractivity contribution < 1.29 is 9.53 Å². The van der Waals surface area contributed by atoms with E-state index in [9.17, 15) is 4.79 Å². The van der Waals surface area contributed by atoms with Crippen LogP contribution in [-0.4, -0.2) is 34.1 Å². The molecule has 0 spiro atoms. The van der Waals surface area contributed by atoms with E-state index in [2.05, 4.69) is 25.9 Å². The van der Waals surface area contributed by atoms with Gasteiger partial charge in [0, 0.05) is 5.69 Å². The zero-order valence-electron chi connectivity index (χ0n) is 16.3. The van der Waals surface area contributed by atoms with E-state index in [0.29, 0.717) is 23.5 Å². The second kappa shape index (κ2) is 8.87. The Labute approximate surface area is 173 Å². The van der Waals surface area contributed by atoms with E-state index in [1.807, 2.05) is 54.6 Å². The van der Waals surface area contributed by atoms with Gasteiger partial charge in [-0.05, 0) is 42.0 Å². The molecule has 4 aromatic rings. The molecule has 4 rings (SSSR count). The predicted octanol–water partition coefficient (Wildman–Crippen LogP) is 3.67. The average molecular weight is 400 g/mol. The Morgan fingerprint density at radius 3 is 2.50 bits per heavy atom. The summed E-state index contributed by atoms with van der Waals surface area (Å²) in [5, 5.41) is 13.9. The highest BCUT2D eigenvalue weighted by molar-refractivity contribution is 6.04. The first-order valence-corrected chi connectivity index (χ1v) is 9.34. The maximum atomic E-state index is 12.6. The molecule has 150 valence electrons. The highest BCUT2D eigenvalue weighted by Crippen LogP contribution is 2.15. The predicted molar refractivity (Wildman–Crippen MR) is 116 cm³/mol. The number of urea groups is 1. The molecule has 1 aromatic heterocycles. The lowest BCUT2D eigenvalue weighted by Gasteiger charge is -2.11. The maximum Gasteiger partial charge on any atom is 0.326 e. The fourth-order valence-corrected chi connectivity index (χ4v) is 2.87. The van der Waals surface area contributed by atoms with Crippen molar-refractivity contribution in [3.8, 4) is 5.75 Å². The number of rotatable bonds is 4. The van der Waals surface area contributed by atoms with Crippen LogP contribution in [0.3, 0.4) is 0 Å². The Morgan fingerprint density at radius 1 is 1.00 bits per heavy atom. The third-order valence-electron chi connectivity index (χ3n) is 4.38. The first kappa shape index (κ1) is 19.1. The number of hydrogen-bond donors (Lipinski definition) is 2. The number of amides is 2. The second-order valence-electron chi connectivity index (χ2n) is 6.42. The fourth-order valence-electron chi connectivity index (χ4n) is 2.87. The molecule has 0 unspecified atom stereocenters.